The van der Waals surface area contributed by atoms with E-state index in [1.54, 1.807) is 4.98 Å². The molecule has 0 aromatic carbocycles. The number of rotatable bonds is 2. The number of pyridine rings is 1. The lowest BCUT2D eigenvalue weighted by Gasteiger charge is -2.03. The van der Waals surface area contributed by atoms with Crippen molar-refractivity contribution in [2.75, 3.05) is 0 Å². The summed E-state index contributed by atoms with van der Waals surface area (Å²) in [5.41, 5.74) is -3.02. The van der Waals surface area contributed by atoms with Gasteiger partial charge in [0.1, 0.15) is 11.6 Å². The van der Waals surface area contributed by atoms with Gasteiger partial charge in [-0.1, -0.05) is 0 Å². The van der Waals surface area contributed by atoms with Crippen LogP contribution in [0.4, 0.5) is 8.78 Å². The number of nitriles is 1. The Morgan fingerprint density at radius 3 is 2.44 bits per heavy atom. The number of nitrogens with zero attached hydrogens (tertiary/aromatic N) is 1. The summed E-state index contributed by atoms with van der Waals surface area (Å²) >= 11 is 0. The van der Waals surface area contributed by atoms with E-state index in [2.05, 4.69) is 0 Å². The quantitative estimate of drug-likeness (QED) is 0.814. The molecule has 9 heteroatoms. The maximum Gasteiger partial charge on any atom is 0.276 e. The summed E-state index contributed by atoms with van der Waals surface area (Å²) in [5.74, 6) is 0. The second kappa shape index (κ2) is 4.19. The molecule has 86 valence electrons. The standard InChI is InChI=1S/C7H3ClF2N2O3S/c8-16(14,15)5-1-3(6(9)10)4(2-11)7(13)12-5/h1,6H,(H,12,13). The fraction of sp³-hybridized carbons (Fsp3) is 0.143. The smallest absolute Gasteiger partial charge is 0.276 e. The predicted octanol–water partition coefficient (Wildman–Crippen LogP) is 1.11. The lowest BCUT2D eigenvalue weighted by atomic mass is 10.1. The highest BCUT2D eigenvalue weighted by molar-refractivity contribution is 8.13. The molecule has 0 atom stereocenters. The van der Waals surface area contributed by atoms with Crippen LogP contribution in [-0.4, -0.2) is 13.4 Å². The van der Waals surface area contributed by atoms with Gasteiger partial charge in [-0.2, -0.15) is 5.26 Å². The van der Waals surface area contributed by atoms with Crippen LogP contribution in [0.5, 0.6) is 0 Å². The average Bonchev–Trinajstić information content (AvgIpc) is 2.14. The second-order valence-electron chi connectivity index (χ2n) is 2.64. The van der Waals surface area contributed by atoms with Crippen molar-refractivity contribution in [2.24, 2.45) is 0 Å². The third-order valence-corrected chi connectivity index (χ3v) is 2.89. The molecule has 16 heavy (non-hydrogen) atoms. The molecule has 0 aliphatic heterocycles. The van der Waals surface area contributed by atoms with Crippen LogP contribution >= 0.6 is 10.7 Å². The van der Waals surface area contributed by atoms with Crippen molar-refractivity contribution in [1.29, 1.82) is 5.26 Å². The van der Waals surface area contributed by atoms with Gasteiger partial charge in [0.15, 0.2) is 5.03 Å². The van der Waals surface area contributed by atoms with Crippen LogP contribution in [-0.2, 0) is 9.05 Å². The molecular weight excluding hydrogens is 266 g/mol. The number of hydrogen-bond acceptors (Lipinski definition) is 4. The number of aromatic nitrogens is 1. The Hall–Kier alpha value is -1.46. The number of H-pyrrole nitrogens is 1. The first kappa shape index (κ1) is 12.6. The fourth-order valence-electron chi connectivity index (χ4n) is 0.974. The molecule has 0 aliphatic carbocycles. The summed E-state index contributed by atoms with van der Waals surface area (Å²) in [7, 11) is 0.545. The summed E-state index contributed by atoms with van der Waals surface area (Å²) in [6, 6.07) is 1.73. The topological polar surface area (TPSA) is 90.8 Å². The molecule has 0 bridgehead atoms. The zero-order valence-electron chi connectivity index (χ0n) is 7.37. The van der Waals surface area contributed by atoms with Crippen LogP contribution < -0.4 is 5.56 Å². The molecule has 0 saturated carbocycles. The Morgan fingerprint density at radius 2 is 2.06 bits per heavy atom. The SMILES string of the molecule is N#Cc1c(C(F)F)cc(S(=O)(=O)Cl)[nH]c1=O. The molecule has 1 rings (SSSR count). The molecule has 5 nitrogen and oxygen atoms in total. The van der Waals surface area contributed by atoms with Crippen LogP contribution in [0.3, 0.4) is 0 Å². The van der Waals surface area contributed by atoms with Gasteiger partial charge in [0, 0.05) is 16.2 Å². The van der Waals surface area contributed by atoms with Crippen molar-refractivity contribution in [3.05, 3.63) is 27.5 Å². The lowest BCUT2D eigenvalue weighted by Crippen LogP contribution is -2.16. The summed E-state index contributed by atoms with van der Waals surface area (Å²) in [4.78, 5) is 12.8. The van der Waals surface area contributed by atoms with Crippen molar-refractivity contribution in [3.8, 4) is 6.07 Å². The van der Waals surface area contributed by atoms with Gasteiger partial charge >= 0.3 is 0 Å². The van der Waals surface area contributed by atoms with Crippen molar-refractivity contribution >= 4 is 19.7 Å². The molecule has 1 N–H and O–H groups in total. The van der Waals surface area contributed by atoms with E-state index in [1.807, 2.05) is 0 Å². The van der Waals surface area contributed by atoms with Crippen LogP contribution in [0.15, 0.2) is 15.9 Å². The van der Waals surface area contributed by atoms with Crippen molar-refractivity contribution < 1.29 is 17.2 Å². The average molecular weight is 269 g/mol. The van der Waals surface area contributed by atoms with E-state index in [0.29, 0.717) is 6.07 Å². The number of nitrogens with one attached hydrogen (secondary N) is 1. The van der Waals surface area contributed by atoms with Gasteiger partial charge in [0.2, 0.25) is 0 Å². The molecule has 1 aromatic heterocycles. The molecule has 0 fully saturated rings. The Kier molecular flexibility index (Phi) is 3.30. The number of halogens is 3. The number of aromatic amines is 1. The first-order valence-corrected chi connectivity index (χ1v) is 5.98. The third-order valence-electron chi connectivity index (χ3n) is 1.65. The minimum Gasteiger partial charge on any atom is -0.311 e. The van der Waals surface area contributed by atoms with E-state index in [1.165, 1.54) is 6.07 Å². The first-order valence-electron chi connectivity index (χ1n) is 3.67. The van der Waals surface area contributed by atoms with Crippen LogP contribution in [0.1, 0.15) is 17.6 Å². The summed E-state index contributed by atoms with van der Waals surface area (Å²) in [6.07, 6.45) is -3.14. The zero-order chi connectivity index (χ0) is 12.5. The number of hydrogen-bond donors (Lipinski definition) is 1. The second-order valence-corrected chi connectivity index (χ2v) is 5.18. The molecule has 0 aliphatic rings. The van der Waals surface area contributed by atoms with Gasteiger partial charge in [-0.3, -0.25) is 4.79 Å². The van der Waals surface area contributed by atoms with Crippen molar-refractivity contribution in [2.45, 2.75) is 11.5 Å². The molecule has 1 aromatic rings. The first-order chi connectivity index (χ1) is 7.27. The largest absolute Gasteiger partial charge is 0.311 e. The normalized spacial score (nSPS) is 11.4. The Morgan fingerprint density at radius 1 is 1.50 bits per heavy atom. The fourth-order valence-corrected chi connectivity index (χ4v) is 1.71. The summed E-state index contributed by atoms with van der Waals surface area (Å²) < 4.78 is 46.5. The molecule has 0 saturated heterocycles. The predicted molar refractivity (Wildman–Crippen MR) is 49.8 cm³/mol. The molecule has 0 spiro atoms. The highest BCUT2D eigenvalue weighted by atomic mass is 35.7. The maximum absolute atomic E-state index is 12.4. The van der Waals surface area contributed by atoms with Gasteiger partial charge in [-0.15, -0.1) is 0 Å². The molecule has 0 amide bonds. The van der Waals surface area contributed by atoms with E-state index in [-0.39, 0.29) is 0 Å². The maximum atomic E-state index is 12.4. The number of alkyl halides is 2. The minimum atomic E-state index is -4.33. The van der Waals surface area contributed by atoms with Gasteiger partial charge < -0.3 is 4.98 Å². The monoisotopic (exact) mass is 268 g/mol. The lowest BCUT2D eigenvalue weighted by molar-refractivity contribution is 0.150. The van der Waals surface area contributed by atoms with Crippen LogP contribution in [0.2, 0.25) is 0 Å². The minimum absolute atomic E-state index is 0.465. The van der Waals surface area contributed by atoms with E-state index >= 15 is 0 Å². The summed E-state index contributed by atoms with van der Waals surface area (Å²) in [5, 5.41) is 7.59. The van der Waals surface area contributed by atoms with Gasteiger partial charge in [-0.25, -0.2) is 17.2 Å². The van der Waals surface area contributed by atoms with Gasteiger partial charge in [0.25, 0.3) is 21.0 Å². The van der Waals surface area contributed by atoms with E-state index in [0.717, 1.165) is 0 Å². The zero-order valence-corrected chi connectivity index (χ0v) is 8.94. The highest BCUT2D eigenvalue weighted by Crippen LogP contribution is 2.23. The Balaban J connectivity index is 3.68. The van der Waals surface area contributed by atoms with Crippen LogP contribution in [0, 0.1) is 11.3 Å². The summed E-state index contributed by atoms with van der Waals surface area (Å²) in [6.45, 7) is 0. The van der Waals surface area contributed by atoms with E-state index in [4.69, 9.17) is 15.9 Å². The van der Waals surface area contributed by atoms with Crippen molar-refractivity contribution in [1.82, 2.24) is 4.98 Å². The Labute approximate surface area is 92.7 Å². The molecule has 0 unspecified atom stereocenters. The molecule has 0 radical (unpaired) electrons. The Bertz CT molecular complexity index is 617. The van der Waals surface area contributed by atoms with Gasteiger partial charge in [0.05, 0.1) is 0 Å². The third kappa shape index (κ3) is 2.37. The van der Waals surface area contributed by atoms with Gasteiger partial charge in [-0.05, 0) is 6.07 Å². The van der Waals surface area contributed by atoms with E-state index in [9.17, 15) is 22.0 Å². The van der Waals surface area contributed by atoms with Crippen LogP contribution in [0.25, 0.3) is 0 Å². The van der Waals surface area contributed by atoms with Crippen molar-refractivity contribution in [3.63, 3.8) is 0 Å². The van der Waals surface area contributed by atoms with E-state index < -0.39 is 37.2 Å². The highest BCUT2D eigenvalue weighted by Gasteiger charge is 2.21. The molecular formula is C7H3ClF2N2O3S. The molecule has 1 heterocycles.